The minimum Gasteiger partial charge on any atom is -0.494 e. The van der Waals surface area contributed by atoms with E-state index >= 15 is 0 Å². The van der Waals surface area contributed by atoms with Crippen molar-refractivity contribution in [3.8, 4) is 22.9 Å². The molecule has 2 aromatic rings. The van der Waals surface area contributed by atoms with E-state index in [1.807, 2.05) is 48.5 Å². The zero-order chi connectivity index (χ0) is 22.8. The Labute approximate surface area is 190 Å². The molecule has 2 aromatic carbocycles. The first-order chi connectivity index (χ1) is 15.6. The molecule has 8 heteroatoms. The molecule has 7 nitrogen and oxygen atoms in total. The number of rotatable bonds is 12. The van der Waals surface area contributed by atoms with Gasteiger partial charge in [0.1, 0.15) is 12.0 Å². The van der Waals surface area contributed by atoms with Gasteiger partial charge in [-0.2, -0.15) is 5.26 Å². The van der Waals surface area contributed by atoms with Crippen molar-refractivity contribution < 1.29 is 22.9 Å². The van der Waals surface area contributed by atoms with Crippen LogP contribution >= 0.6 is 7.82 Å². The summed E-state index contributed by atoms with van der Waals surface area (Å²) in [5.74, 6) is 0.814. The molecular weight excluding hydrogens is 427 g/mol. The van der Waals surface area contributed by atoms with Gasteiger partial charge in [-0.1, -0.05) is 24.3 Å². The van der Waals surface area contributed by atoms with Gasteiger partial charge in [-0.3, -0.25) is 18.5 Å². The van der Waals surface area contributed by atoms with Crippen molar-refractivity contribution in [3.05, 3.63) is 54.1 Å². The second kappa shape index (κ2) is 12.2. The predicted molar refractivity (Wildman–Crippen MR) is 123 cm³/mol. The maximum atomic E-state index is 12.7. The molecule has 1 aliphatic heterocycles. The van der Waals surface area contributed by atoms with Crippen LogP contribution in [0, 0.1) is 11.3 Å². The van der Waals surface area contributed by atoms with E-state index in [9.17, 15) is 4.57 Å². The lowest BCUT2D eigenvalue weighted by molar-refractivity contribution is 0.0114. The maximum absolute atomic E-state index is 12.7. The largest absolute Gasteiger partial charge is 0.494 e. The van der Waals surface area contributed by atoms with Gasteiger partial charge in [0.25, 0.3) is 0 Å². The first-order valence-corrected chi connectivity index (χ1v) is 12.6. The van der Waals surface area contributed by atoms with Crippen molar-refractivity contribution in [1.29, 1.82) is 5.26 Å². The molecule has 32 heavy (non-hydrogen) atoms. The molecule has 1 aliphatic rings. The summed E-state index contributed by atoms with van der Waals surface area (Å²) in [6.07, 6.45) is 2.36. The van der Waals surface area contributed by atoms with E-state index in [1.165, 1.54) is 0 Å². The lowest BCUT2D eigenvalue weighted by Gasteiger charge is -2.27. The fraction of sp³-hybridized carbons (Fsp3) is 0.458. The normalized spacial score (nSPS) is 16.7. The number of phosphoric ester groups is 1. The lowest BCUT2D eigenvalue weighted by Crippen LogP contribution is -2.33. The van der Waals surface area contributed by atoms with Crippen molar-refractivity contribution in [1.82, 2.24) is 4.90 Å². The van der Waals surface area contributed by atoms with E-state index in [2.05, 4.69) is 11.0 Å². The third kappa shape index (κ3) is 6.90. The van der Waals surface area contributed by atoms with Crippen LogP contribution in [0.1, 0.15) is 38.7 Å². The fourth-order valence-electron chi connectivity index (χ4n) is 3.67. The Kier molecular flexibility index (Phi) is 9.28. The van der Waals surface area contributed by atoms with Gasteiger partial charge in [0, 0.05) is 13.1 Å². The summed E-state index contributed by atoms with van der Waals surface area (Å²) >= 11 is 0. The van der Waals surface area contributed by atoms with Crippen LogP contribution in [0.15, 0.2) is 48.5 Å². The smallest absolute Gasteiger partial charge is 0.476 e. The van der Waals surface area contributed by atoms with E-state index in [4.69, 9.17) is 23.6 Å². The summed E-state index contributed by atoms with van der Waals surface area (Å²) < 4.78 is 34.8. The zero-order valence-electron chi connectivity index (χ0n) is 18.7. The zero-order valence-corrected chi connectivity index (χ0v) is 19.6. The number of nitrogens with zero attached hydrogens (tertiary/aromatic N) is 2. The van der Waals surface area contributed by atoms with Crippen LogP contribution in [0.4, 0.5) is 0 Å². The number of ether oxygens (including phenoxy) is 1. The van der Waals surface area contributed by atoms with Crippen molar-refractivity contribution in [2.75, 3.05) is 32.9 Å². The molecule has 0 bridgehead atoms. The Morgan fingerprint density at radius 1 is 1.03 bits per heavy atom. The molecule has 0 amide bonds. The minimum atomic E-state index is -3.52. The highest BCUT2D eigenvalue weighted by Gasteiger charge is 2.35. The third-order valence-corrected chi connectivity index (χ3v) is 6.84. The SMILES string of the molecule is CCOP(=O)(OCC)OC1CCCN1CCCOc1ccc(-c2ccc(C#N)cc2)cc1. The third-order valence-electron chi connectivity index (χ3n) is 5.19. The van der Waals surface area contributed by atoms with Gasteiger partial charge in [0.2, 0.25) is 0 Å². The molecule has 0 N–H and O–H groups in total. The molecule has 1 heterocycles. The van der Waals surface area contributed by atoms with Gasteiger partial charge in [-0.25, -0.2) is 4.57 Å². The highest BCUT2D eigenvalue weighted by Crippen LogP contribution is 2.51. The Morgan fingerprint density at radius 3 is 2.25 bits per heavy atom. The highest BCUT2D eigenvalue weighted by molar-refractivity contribution is 7.48. The van der Waals surface area contributed by atoms with Crippen LogP contribution in [0.3, 0.4) is 0 Å². The standard InChI is InChI=1S/C24H31N2O5P/c1-3-29-32(27,30-4-2)31-24-7-5-16-26(24)17-6-18-28-23-14-12-22(13-15-23)21-10-8-20(19-25)9-11-21/h8-15,24H,3-7,16-18H2,1-2H3. The van der Waals surface area contributed by atoms with Gasteiger partial charge >= 0.3 is 7.82 Å². The Hall–Kier alpha value is -2.20. The molecule has 0 radical (unpaired) electrons. The molecule has 0 aliphatic carbocycles. The Morgan fingerprint density at radius 2 is 1.66 bits per heavy atom. The number of benzene rings is 2. The van der Waals surface area contributed by atoms with Crippen LogP contribution in [0.2, 0.25) is 0 Å². The highest BCUT2D eigenvalue weighted by atomic mass is 31.2. The van der Waals surface area contributed by atoms with Crippen molar-refractivity contribution in [3.63, 3.8) is 0 Å². The molecule has 1 fully saturated rings. The van der Waals surface area contributed by atoms with Gasteiger partial charge < -0.3 is 4.74 Å². The van der Waals surface area contributed by atoms with Crippen LogP contribution in [0.5, 0.6) is 5.75 Å². The van der Waals surface area contributed by atoms with Crippen LogP contribution in [-0.2, 0) is 18.1 Å². The number of hydrogen-bond acceptors (Lipinski definition) is 7. The molecule has 172 valence electrons. The first-order valence-electron chi connectivity index (χ1n) is 11.1. The molecule has 1 atom stereocenters. The second-order valence-corrected chi connectivity index (χ2v) is 9.06. The molecular formula is C24H31N2O5P. The van der Waals surface area contributed by atoms with E-state index in [1.54, 1.807) is 13.8 Å². The summed E-state index contributed by atoms with van der Waals surface area (Å²) in [7, 11) is -3.52. The summed E-state index contributed by atoms with van der Waals surface area (Å²) in [4.78, 5) is 2.17. The van der Waals surface area contributed by atoms with Crippen LogP contribution in [-0.4, -0.2) is 44.0 Å². The molecule has 3 rings (SSSR count). The number of nitriles is 1. The molecule has 0 aromatic heterocycles. The summed E-state index contributed by atoms with van der Waals surface area (Å²) in [6.45, 7) is 6.36. The fourth-order valence-corrected chi connectivity index (χ4v) is 5.04. The van der Waals surface area contributed by atoms with E-state index in [0.717, 1.165) is 49.2 Å². The maximum Gasteiger partial charge on any atom is 0.476 e. The van der Waals surface area contributed by atoms with Gasteiger partial charge in [0.15, 0.2) is 0 Å². The second-order valence-electron chi connectivity index (χ2n) is 7.44. The Bertz CT molecular complexity index is 917. The monoisotopic (exact) mass is 458 g/mol. The first kappa shape index (κ1) is 24.4. The molecule has 0 spiro atoms. The summed E-state index contributed by atoms with van der Waals surface area (Å²) in [5, 5.41) is 8.92. The quantitative estimate of drug-likeness (QED) is 0.302. The molecule has 1 saturated heterocycles. The van der Waals surface area contributed by atoms with E-state index < -0.39 is 7.82 Å². The topological polar surface area (TPSA) is 81.0 Å². The summed E-state index contributed by atoms with van der Waals surface area (Å²) in [6, 6.07) is 17.6. The van der Waals surface area contributed by atoms with Crippen LogP contribution < -0.4 is 4.74 Å². The minimum absolute atomic E-state index is 0.259. The summed E-state index contributed by atoms with van der Waals surface area (Å²) in [5.41, 5.74) is 2.79. The van der Waals surface area contributed by atoms with Gasteiger partial charge in [0.05, 0.1) is 31.5 Å². The van der Waals surface area contributed by atoms with Gasteiger partial charge in [-0.05, 0) is 68.5 Å². The average Bonchev–Trinajstić information content (AvgIpc) is 3.24. The van der Waals surface area contributed by atoms with E-state index in [-0.39, 0.29) is 19.4 Å². The van der Waals surface area contributed by atoms with Crippen molar-refractivity contribution in [2.45, 2.75) is 39.3 Å². The number of phosphoric acid groups is 1. The average molecular weight is 458 g/mol. The lowest BCUT2D eigenvalue weighted by atomic mass is 10.0. The number of likely N-dealkylation sites (tertiary alicyclic amines) is 1. The number of hydrogen-bond donors (Lipinski definition) is 0. The predicted octanol–water partition coefficient (Wildman–Crippen LogP) is 5.61. The Balaban J connectivity index is 1.45. The van der Waals surface area contributed by atoms with Crippen molar-refractivity contribution >= 4 is 7.82 Å². The molecule has 1 unspecified atom stereocenters. The van der Waals surface area contributed by atoms with Crippen molar-refractivity contribution in [2.24, 2.45) is 0 Å². The molecule has 0 saturated carbocycles. The van der Waals surface area contributed by atoms with E-state index in [0.29, 0.717) is 12.2 Å². The van der Waals surface area contributed by atoms with Gasteiger partial charge in [-0.15, -0.1) is 0 Å². The van der Waals surface area contributed by atoms with Crippen LogP contribution in [0.25, 0.3) is 11.1 Å².